The number of carboxylic acid groups (broad SMARTS) is 2. The highest BCUT2D eigenvalue weighted by Crippen LogP contribution is 2.14. The number of hydrogen-bond acceptors (Lipinski definition) is 2. The van der Waals surface area contributed by atoms with Crippen LogP contribution < -0.4 is 0 Å². The largest absolute Gasteiger partial charge is 0.478 e. The molecular formula is C11H13ClO4. The molecule has 0 saturated heterocycles. The monoisotopic (exact) mass is 244 g/mol. The van der Waals surface area contributed by atoms with Crippen LogP contribution in [0.15, 0.2) is 18.2 Å². The van der Waals surface area contributed by atoms with E-state index in [0.717, 1.165) is 6.07 Å². The molecule has 1 aromatic rings. The average molecular weight is 245 g/mol. The summed E-state index contributed by atoms with van der Waals surface area (Å²) in [4.78, 5) is 21.3. The molecule has 88 valence electrons. The Bertz CT molecular complexity index is 388. The second-order valence-corrected chi connectivity index (χ2v) is 2.88. The fourth-order valence-electron chi connectivity index (χ4n) is 1.03. The zero-order valence-corrected chi connectivity index (χ0v) is 9.78. The van der Waals surface area contributed by atoms with Gasteiger partial charge in [0.1, 0.15) is 0 Å². The molecule has 1 rings (SSSR count). The molecule has 0 fully saturated rings. The van der Waals surface area contributed by atoms with Gasteiger partial charge in [-0.15, -0.1) is 11.6 Å². The fourth-order valence-corrected chi connectivity index (χ4v) is 1.26. The van der Waals surface area contributed by atoms with Gasteiger partial charge in [0, 0.05) is 5.88 Å². The van der Waals surface area contributed by atoms with Crippen molar-refractivity contribution in [1.29, 1.82) is 0 Å². The third kappa shape index (κ3) is 3.55. The summed E-state index contributed by atoms with van der Waals surface area (Å²) in [6, 6.07) is 3.83. The van der Waals surface area contributed by atoms with Gasteiger partial charge >= 0.3 is 11.9 Å². The number of benzene rings is 1. The smallest absolute Gasteiger partial charge is 0.336 e. The minimum absolute atomic E-state index is 0.0432. The maximum absolute atomic E-state index is 10.7. The van der Waals surface area contributed by atoms with E-state index in [1.807, 2.05) is 13.8 Å². The van der Waals surface area contributed by atoms with Crippen LogP contribution in [0.1, 0.15) is 40.1 Å². The van der Waals surface area contributed by atoms with Crippen molar-refractivity contribution in [2.75, 3.05) is 0 Å². The summed E-state index contributed by atoms with van der Waals surface area (Å²) in [5.41, 5.74) is 0.278. The van der Waals surface area contributed by atoms with E-state index in [-0.39, 0.29) is 17.0 Å². The number of hydrogen-bond donors (Lipinski definition) is 2. The Hall–Kier alpha value is -1.55. The molecule has 0 amide bonds. The van der Waals surface area contributed by atoms with Crippen molar-refractivity contribution in [3.8, 4) is 0 Å². The van der Waals surface area contributed by atoms with Crippen LogP contribution in [0.3, 0.4) is 0 Å². The van der Waals surface area contributed by atoms with Crippen molar-refractivity contribution in [3.63, 3.8) is 0 Å². The molecule has 0 aromatic heterocycles. The fraction of sp³-hybridized carbons (Fsp3) is 0.273. The molecule has 0 spiro atoms. The lowest BCUT2D eigenvalue weighted by Crippen LogP contribution is -2.05. The lowest BCUT2D eigenvalue weighted by atomic mass is 10.1. The van der Waals surface area contributed by atoms with Crippen LogP contribution >= 0.6 is 11.6 Å². The summed E-state index contributed by atoms with van der Waals surface area (Å²) in [6.07, 6.45) is 0. The Kier molecular flexibility index (Phi) is 6.18. The van der Waals surface area contributed by atoms with E-state index in [0.29, 0.717) is 5.56 Å². The predicted molar refractivity (Wildman–Crippen MR) is 61.3 cm³/mol. The van der Waals surface area contributed by atoms with Crippen LogP contribution in [0.25, 0.3) is 0 Å². The maximum Gasteiger partial charge on any atom is 0.336 e. The molecule has 0 aliphatic carbocycles. The molecule has 2 N–H and O–H groups in total. The Balaban J connectivity index is 0.00000106. The molecule has 0 heterocycles. The minimum atomic E-state index is -1.18. The van der Waals surface area contributed by atoms with Gasteiger partial charge in [0.2, 0.25) is 0 Å². The second-order valence-electron chi connectivity index (χ2n) is 2.62. The minimum Gasteiger partial charge on any atom is -0.478 e. The molecule has 0 aliphatic heterocycles. The van der Waals surface area contributed by atoms with Gasteiger partial charge in [0.15, 0.2) is 0 Å². The third-order valence-corrected chi connectivity index (χ3v) is 2.02. The topological polar surface area (TPSA) is 74.6 Å². The summed E-state index contributed by atoms with van der Waals surface area (Å²) >= 11 is 5.50. The van der Waals surface area contributed by atoms with Crippen molar-refractivity contribution in [3.05, 3.63) is 34.9 Å². The predicted octanol–water partition coefficient (Wildman–Crippen LogP) is 2.85. The first-order valence-electron chi connectivity index (χ1n) is 4.71. The van der Waals surface area contributed by atoms with Gasteiger partial charge in [-0.1, -0.05) is 19.9 Å². The second kappa shape index (κ2) is 6.85. The Morgan fingerprint density at radius 2 is 1.75 bits per heavy atom. The Morgan fingerprint density at radius 3 is 2.12 bits per heavy atom. The number of rotatable bonds is 3. The molecule has 0 atom stereocenters. The highest BCUT2D eigenvalue weighted by Gasteiger charge is 2.12. The summed E-state index contributed by atoms with van der Waals surface area (Å²) < 4.78 is 0. The van der Waals surface area contributed by atoms with E-state index in [2.05, 4.69) is 0 Å². The summed E-state index contributed by atoms with van der Waals surface area (Å²) in [5, 5.41) is 17.4. The molecular weight excluding hydrogens is 232 g/mol. The maximum atomic E-state index is 10.7. The summed E-state index contributed by atoms with van der Waals surface area (Å²) in [5.74, 6) is -2.29. The van der Waals surface area contributed by atoms with Crippen LogP contribution in [-0.4, -0.2) is 22.2 Å². The van der Waals surface area contributed by atoms with Crippen LogP contribution in [0.5, 0.6) is 0 Å². The van der Waals surface area contributed by atoms with E-state index < -0.39 is 11.9 Å². The van der Waals surface area contributed by atoms with Crippen molar-refractivity contribution < 1.29 is 19.8 Å². The number of alkyl halides is 1. The van der Waals surface area contributed by atoms with Gasteiger partial charge in [0.25, 0.3) is 0 Å². The lowest BCUT2D eigenvalue weighted by Gasteiger charge is -2.03. The molecule has 0 radical (unpaired) electrons. The van der Waals surface area contributed by atoms with E-state index in [4.69, 9.17) is 21.8 Å². The van der Waals surface area contributed by atoms with Gasteiger partial charge in [-0.2, -0.15) is 0 Å². The van der Waals surface area contributed by atoms with Gasteiger partial charge in [-0.25, -0.2) is 9.59 Å². The highest BCUT2D eigenvalue weighted by molar-refractivity contribution is 6.17. The molecule has 0 aliphatic rings. The zero-order valence-electron chi connectivity index (χ0n) is 9.03. The van der Waals surface area contributed by atoms with Gasteiger partial charge < -0.3 is 10.2 Å². The quantitative estimate of drug-likeness (QED) is 0.802. The normalized spacial score (nSPS) is 8.94. The van der Waals surface area contributed by atoms with Gasteiger partial charge in [0.05, 0.1) is 11.1 Å². The Labute approximate surface area is 98.5 Å². The molecule has 0 unspecified atom stereocenters. The SMILES string of the molecule is CC.O=C(O)c1ccc(CCl)c(C(=O)O)c1. The summed E-state index contributed by atoms with van der Waals surface area (Å²) in [7, 11) is 0. The molecule has 0 bridgehead atoms. The van der Waals surface area contributed by atoms with Crippen molar-refractivity contribution in [2.45, 2.75) is 19.7 Å². The molecule has 16 heavy (non-hydrogen) atoms. The highest BCUT2D eigenvalue weighted by atomic mass is 35.5. The van der Waals surface area contributed by atoms with E-state index in [1.165, 1.54) is 12.1 Å². The first-order valence-corrected chi connectivity index (χ1v) is 5.25. The van der Waals surface area contributed by atoms with E-state index in [9.17, 15) is 9.59 Å². The van der Waals surface area contributed by atoms with Crippen molar-refractivity contribution in [2.24, 2.45) is 0 Å². The van der Waals surface area contributed by atoms with Crippen LogP contribution in [-0.2, 0) is 5.88 Å². The van der Waals surface area contributed by atoms with Crippen LogP contribution in [0.4, 0.5) is 0 Å². The number of halogens is 1. The Morgan fingerprint density at radius 1 is 1.19 bits per heavy atom. The number of carbonyl (C=O) groups is 2. The number of aromatic carboxylic acids is 2. The van der Waals surface area contributed by atoms with Crippen molar-refractivity contribution >= 4 is 23.5 Å². The van der Waals surface area contributed by atoms with Crippen molar-refractivity contribution in [1.82, 2.24) is 0 Å². The first kappa shape index (κ1) is 14.5. The average Bonchev–Trinajstić information content (AvgIpc) is 2.30. The van der Waals surface area contributed by atoms with Gasteiger partial charge in [-0.3, -0.25) is 0 Å². The first-order chi connectivity index (χ1) is 7.56. The molecule has 4 nitrogen and oxygen atoms in total. The third-order valence-electron chi connectivity index (χ3n) is 1.73. The van der Waals surface area contributed by atoms with E-state index in [1.54, 1.807) is 0 Å². The standard InChI is InChI=1S/C9H7ClO4.C2H6/c10-4-6-2-1-5(8(11)12)3-7(6)9(13)14;1-2/h1-3H,4H2,(H,11,12)(H,13,14);1-2H3. The number of carboxylic acids is 2. The summed E-state index contributed by atoms with van der Waals surface area (Å²) in [6.45, 7) is 4.00. The zero-order chi connectivity index (χ0) is 12.7. The molecule has 1 aromatic carbocycles. The lowest BCUT2D eigenvalue weighted by molar-refractivity contribution is 0.0695. The van der Waals surface area contributed by atoms with Gasteiger partial charge in [-0.05, 0) is 17.7 Å². The van der Waals surface area contributed by atoms with E-state index >= 15 is 0 Å². The molecule has 0 saturated carbocycles. The van der Waals surface area contributed by atoms with Crippen LogP contribution in [0.2, 0.25) is 0 Å². The molecule has 5 heteroatoms. The van der Waals surface area contributed by atoms with Crippen LogP contribution in [0, 0.1) is 0 Å².